The second-order valence-corrected chi connectivity index (χ2v) is 7.87. The molecule has 0 spiro atoms. The molecule has 1 unspecified atom stereocenters. The quantitative estimate of drug-likeness (QED) is 0.899. The summed E-state index contributed by atoms with van der Waals surface area (Å²) in [5.74, 6) is 0.0660. The molecule has 0 saturated carbocycles. The molecule has 0 bridgehead atoms. The van der Waals surface area contributed by atoms with Gasteiger partial charge in [0.2, 0.25) is 5.91 Å². The maximum absolute atomic E-state index is 11.7. The molecule has 1 atom stereocenters. The zero-order chi connectivity index (χ0) is 14.8. The second kappa shape index (κ2) is 5.24. The summed E-state index contributed by atoms with van der Waals surface area (Å²) in [6.07, 6.45) is 3.97. The average Bonchev–Trinajstić information content (AvgIpc) is 2.26. The smallest absolute Gasteiger partial charge is 0.242 e. The minimum absolute atomic E-state index is 0.178. The van der Waals surface area contributed by atoms with Crippen LogP contribution < -0.4 is 5.32 Å². The van der Waals surface area contributed by atoms with Crippen LogP contribution in [0.3, 0.4) is 0 Å². The first-order valence-corrected chi connectivity index (χ1v) is 7.79. The predicted octanol–water partition coefficient (Wildman–Crippen LogP) is 1.15. The van der Waals surface area contributed by atoms with Crippen LogP contribution in [-0.4, -0.2) is 35.8 Å². The van der Waals surface area contributed by atoms with Crippen LogP contribution in [0.5, 0.6) is 0 Å². The minimum atomic E-state index is -3.41. The maximum Gasteiger partial charge on any atom is 0.242 e. The highest BCUT2D eigenvalue weighted by atomic mass is 32.2. The van der Waals surface area contributed by atoms with E-state index in [2.05, 4.69) is 15.3 Å². The van der Waals surface area contributed by atoms with Crippen LogP contribution in [-0.2, 0) is 20.0 Å². The summed E-state index contributed by atoms with van der Waals surface area (Å²) in [6, 6.07) is 0. The van der Waals surface area contributed by atoms with E-state index in [9.17, 15) is 13.2 Å². The lowest BCUT2D eigenvalue weighted by Crippen LogP contribution is -2.32. The van der Waals surface area contributed by atoms with Crippen LogP contribution in [0.2, 0.25) is 0 Å². The van der Waals surface area contributed by atoms with Crippen molar-refractivity contribution in [1.29, 1.82) is 0 Å². The molecule has 6 nitrogen and oxygen atoms in total. The van der Waals surface area contributed by atoms with Crippen LogP contribution in [0.1, 0.15) is 33.5 Å². The molecule has 1 amide bonds. The SMILES string of the molecule is CC(C(=O)Nc1cnc(C(C)(C)C)nc1)S(C)(=O)=O. The number of amides is 1. The summed E-state index contributed by atoms with van der Waals surface area (Å²) in [4.78, 5) is 20.0. The number of carbonyl (C=O) groups excluding carboxylic acids is 1. The van der Waals surface area contributed by atoms with Crippen molar-refractivity contribution in [2.24, 2.45) is 0 Å². The molecule has 0 aliphatic carbocycles. The van der Waals surface area contributed by atoms with Crippen LogP contribution in [0, 0.1) is 0 Å². The number of sulfone groups is 1. The molecule has 0 saturated heterocycles. The molecule has 1 aromatic heterocycles. The van der Waals surface area contributed by atoms with Crippen molar-refractivity contribution in [2.75, 3.05) is 11.6 Å². The van der Waals surface area contributed by atoms with Crippen LogP contribution in [0.25, 0.3) is 0 Å². The fourth-order valence-corrected chi connectivity index (χ4v) is 1.67. The Hall–Kier alpha value is -1.50. The summed E-state index contributed by atoms with van der Waals surface area (Å²) >= 11 is 0. The zero-order valence-electron chi connectivity index (χ0n) is 11.8. The Morgan fingerprint density at radius 3 is 2.11 bits per heavy atom. The number of carbonyl (C=O) groups is 1. The Morgan fingerprint density at radius 2 is 1.74 bits per heavy atom. The zero-order valence-corrected chi connectivity index (χ0v) is 12.6. The van der Waals surface area contributed by atoms with E-state index in [-0.39, 0.29) is 5.41 Å². The first-order valence-electron chi connectivity index (χ1n) is 5.84. The van der Waals surface area contributed by atoms with Crippen molar-refractivity contribution in [3.8, 4) is 0 Å². The molecule has 106 valence electrons. The molecule has 0 aliphatic rings. The highest BCUT2D eigenvalue weighted by Gasteiger charge is 2.24. The topological polar surface area (TPSA) is 89.0 Å². The molecule has 0 aromatic carbocycles. The standard InChI is InChI=1S/C12H19N3O3S/c1-8(19(5,17)18)10(16)15-9-6-13-11(14-7-9)12(2,3)4/h6-8H,1-5H3,(H,15,16). The van der Waals surface area contributed by atoms with Crippen molar-refractivity contribution in [1.82, 2.24) is 9.97 Å². The predicted molar refractivity (Wildman–Crippen MR) is 73.7 cm³/mol. The Labute approximate surface area is 113 Å². The van der Waals surface area contributed by atoms with Gasteiger partial charge in [0.1, 0.15) is 11.1 Å². The Kier molecular flexibility index (Phi) is 4.29. The summed E-state index contributed by atoms with van der Waals surface area (Å²) < 4.78 is 22.5. The highest BCUT2D eigenvalue weighted by molar-refractivity contribution is 7.92. The molecule has 1 N–H and O–H groups in total. The van der Waals surface area contributed by atoms with Crippen molar-refractivity contribution in [3.05, 3.63) is 18.2 Å². The molecule has 19 heavy (non-hydrogen) atoms. The fourth-order valence-electron chi connectivity index (χ4n) is 1.22. The van der Waals surface area contributed by atoms with Gasteiger partial charge >= 0.3 is 0 Å². The lowest BCUT2D eigenvalue weighted by atomic mass is 9.96. The number of anilines is 1. The normalized spacial score (nSPS) is 13.9. The van der Waals surface area contributed by atoms with Crippen molar-refractivity contribution in [3.63, 3.8) is 0 Å². The van der Waals surface area contributed by atoms with Gasteiger partial charge in [-0.05, 0) is 6.92 Å². The first-order chi connectivity index (χ1) is 8.51. The monoisotopic (exact) mass is 285 g/mol. The van der Waals surface area contributed by atoms with E-state index >= 15 is 0 Å². The van der Waals surface area contributed by atoms with Gasteiger partial charge in [-0.3, -0.25) is 4.79 Å². The van der Waals surface area contributed by atoms with Gasteiger partial charge in [-0.15, -0.1) is 0 Å². The van der Waals surface area contributed by atoms with Crippen molar-refractivity contribution < 1.29 is 13.2 Å². The molecular weight excluding hydrogens is 266 g/mol. The van der Waals surface area contributed by atoms with E-state index in [0.717, 1.165) is 6.26 Å². The summed E-state index contributed by atoms with van der Waals surface area (Å²) in [5, 5.41) is 1.38. The van der Waals surface area contributed by atoms with Crippen molar-refractivity contribution in [2.45, 2.75) is 38.4 Å². The number of hydrogen-bond acceptors (Lipinski definition) is 5. The van der Waals surface area contributed by atoms with Crippen LogP contribution >= 0.6 is 0 Å². The minimum Gasteiger partial charge on any atom is -0.322 e. The summed E-state index contributed by atoms with van der Waals surface area (Å²) in [7, 11) is -3.41. The number of hydrogen-bond donors (Lipinski definition) is 1. The lowest BCUT2D eigenvalue weighted by molar-refractivity contribution is -0.115. The van der Waals surface area contributed by atoms with E-state index in [1.807, 2.05) is 20.8 Å². The molecule has 0 fully saturated rings. The lowest BCUT2D eigenvalue weighted by Gasteiger charge is -2.16. The van der Waals surface area contributed by atoms with Gasteiger partial charge in [-0.2, -0.15) is 0 Å². The summed E-state index contributed by atoms with van der Waals surface area (Å²) in [5.41, 5.74) is 0.205. The van der Waals surface area contributed by atoms with E-state index in [0.29, 0.717) is 11.5 Å². The molecule has 7 heteroatoms. The van der Waals surface area contributed by atoms with E-state index < -0.39 is 21.0 Å². The first kappa shape index (κ1) is 15.6. The largest absolute Gasteiger partial charge is 0.322 e. The van der Waals surface area contributed by atoms with E-state index in [1.54, 1.807) is 0 Å². The van der Waals surface area contributed by atoms with Gasteiger partial charge in [0.25, 0.3) is 0 Å². The maximum atomic E-state index is 11.7. The van der Waals surface area contributed by atoms with E-state index in [1.165, 1.54) is 19.3 Å². The number of nitrogens with zero attached hydrogens (tertiary/aromatic N) is 2. The average molecular weight is 285 g/mol. The van der Waals surface area contributed by atoms with Crippen LogP contribution in [0.4, 0.5) is 5.69 Å². The van der Waals surface area contributed by atoms with Gasteiger partial charge in [0.15, 0.2) is 9.84 Å². The van der Waals surface area contributed by atoms with Gasteiger partial charge in [-0.1, -0.05) is 20.8 Å². The van der Waals surface area contributed by atoms with Gasteiger partial charge in [-0.25, -0.2) is 18.4 Å². The van der Waals surface area contributed by atoms with Gasteiger partial charge in [0.05, 0.1) is 18.1 Å². The number of aromatic nitrogens is 2. The third-order valence-corrected chi connectivity index (χ3v) is 4.10. The molecular formula is C12H19N3O3S. The molecule has 0 aliphatic heterocycles. The molecule has 1 rings (SSSR count). The Bertz CT molecular complexity index is 559. The Balaban J connectivity index is 2.82. The van der Waals surface area contributed by atoms with Gasteiger partial charge in [0, 0.05) is 11.7 Å². The van der Waals surface area contributed by atoms with E-state index in [4.69, 9.17) is 0 Å². The van der Waals surface area contributed by atoms with Gasteiger partial charge < -0.3 is 5.32 Å². The van der Waals surface area contributed by atoms with Crippen molar-refractivity contribution >= 4 is 21.4 Å². The number of rotatable bonds is 3. The molecule has 1 heterocycles. The highest BCUT2D eigenvalue weighted by Crippen LogP contribution is 2.18. The number of nitrogens with one attached hydrogen (secondary N) is 1. The third-order valence-electron chi connectivity index (χ3n) is 2.60. The molecule has 0 radical (unpaired) electrons. The molecule has 1 aromatic rings. The second-order valence-electron chi connectivity index (χ2n) is 5.51. The van der Waals surface area contributed by atoms with Crippen LogP contribution in [0.15, 0.2) is 12.4 Å². The Morgan fingerprint density at radius 1 is 1.26 bits per heavy atom. The fraction of sp³-hybridized carbons (Fsp3) is 0.583. The summed E-state index contributed by atoms with van der Waals surface area (Å²) in [6.45, 7) is 7.28. The third kappa shape index (κ3) is 4.27.